The van der Waals surface area contributed by atoms with Crippen LogP contribution in [0.4, 0.5) is 23.5 Å². The van der Waals surface area contributed by atoms with Gasteiger partial charge in [-0.2, -0.15) is 4.98 Å². The molecule has 10 nitrogen and oxygen atoms in total. The highest BCUT2D eigenvalue weighted by atomic mass is 19.3. The van der Waals surface area contributed by atoms with Crippen LogP contribution in [0.15, 0.2) is 30.5 Å². The highest BCUT2D eigenvalue weighted by Crippen LogP contribution is 2.34. The number of aryl methyl sites for hydroxylation is 1. The first-order valence-electron chi connectivity index (χ1n) is 11.1. The third-order valence-electron chi connectivity index (χ3n) is 6.12. The number of anilines is 1. The Hall–Kier alpha value is -3.97. The normalized spacial score (nSPS) is 17.4. The molecule has 0 aliphatic carbocycles. The maximum atomic E-state index is 14.5. The first-order chi connectivity index (χ1) is 17.2. The average Bonchev–Trinajstić information content (AvgIpc) is 3.52. The van der Waals surface area contributed by atoms with Crippen LogP contribution in [0.3, 0.4) is 0 Å². The number of hydrogen-bond acceptors (Lipinski definition) is 7. The largest absolute Gasteiger partial charge is 0.479 e. The lowest BCUT2D eigenvalue weighted by Crippen LogP contribution is -2.38. The van der Waals surface area contributed by atoms with Gasteiger partial charge in [0.15, 0.2) is 0 Å². The number of fused-ring (bicyclic) bond motifs is 2. The minimum absolute atomic E-state index is 0.0163. The summed E-state index contributed by atoms with van der Waals surface area (Å²) in [7, 11) is 1.40. The van der Waals surface area contributed by atoms with Crippen LogP contribution in [0.2, 0.25) is 0 Å². The quantitative estimate of drug-likeness (QED) is 0.385. The van der Waals surface area contributed by atoms with Crippen molar-refractivity contribution < 1.29 is 27.1 Å². The highest BCUT2D eigenvalue weighted by Gasteiger charge is 2.49. The highest BCUT2D eigenvalue weighted by molar-refractivity contribution is 5.89. The average molecular weight is 506 g/mol. The second kappa shape index (κ2) is 8.91. The van der Waals surface area contributed by atoms with Crippen LogP contribution in [0.1, 0.15) is 13.3 Å². The molecule has 0 spiro atoms. The Bertz CT molecular complexity index is 1440. The maximum absolute atomic E-state index is 14.5. The molecule has 1 aliphatic rings. The summed E-state index contributed by atoms with van der Waals surface area (Å²) in [5.74, 6) is -3.54. The van der Waals surface area contributed by atoms with Crippen molar-refractivity contribution >= 4 is 28.4 Å². The minimum Gasteiger partial charge on any atom is -0.479 e. The fraction of sp³-hybridized carbons (Fsp3) is 0.409. The standard InChI is InChI=1S/C22H22F4N8O2/c1-12(35)32-10-17(22(25,26)11-32)27-21-28-20(36-2)19-14(5-7-34(19)30-21)13-3-4-15-16(9-13)33(31-29-15)8-6-18(23)24/h3-5,7,9,17-18H,6,8,10-11H2,1-2H3,(H,27,30)/t17-/m1/s1. The second-order valence-electron chi connectivity index (χ2n) is 8.52. The van der Waals surface area contributed by atoms with E-state index in [0.29, 0.717) is 27.7 Å². The summed E-state index contributed by atoms with van der Waals surface area (Å²) in [4.78, 5) is 16.9. The smallest absolute Gasteiger partial charge is 0.286 e. The van der Waals surface area contributed by atoms with E-state index in [4.69, 9.17) is 4.74 Å². The van der Waals surface area contributed by atoms with Gasteiger partial charge in [0, 0.05) is 38.2 Å². The number of likely N-dealkylation sites (tertiary alicyclic amines) is 1. The third-order valence-corrected chi connectivity index (χ3v) is 6.12. The van der Waals surface area contributed by atoms with Crippen LogP contribution in [0, 0.1) is 0 Å². The Balaban J connectivity index is 1.49. The number of halogens is 4. The molecular formula is C22H22F4N8O2. The van der Waals surface area contributed by atoms with Crippen molar-refractivity contribution in [3.8, 4) is 17.0 Å². The molecule has 0 radical (unpaired) electrons. The van der Waals surface area contributed by atoms with Crippen LogP contribution in [-0.2, 0) is 11.3 Å². The summed E-state index contributed by atoms with van der Waals surface area (Å²) in [6, 6.07) is 5.70. The van der Waals surface area contributed by atoms with Gasteiger partial charge >= 0.3 is 0 Å². The molecule has 14 heteroatoms. The number of methoxy groups -OCH3 is 1. The van der Waals surface area contributed by atoms with Gasteiger partial charge in [-0.3, -0.25) is 4.79 Å². The van der Waals surface area contributed by atoms with E-state index in [1.54, 1.807) is 30.5 Å². The Morgan fingerprint density at radius 3 is 2.81 bits per heavy atom. The number of carbonyl (C=O) groups is 1. The second-order valence-corrected chi connectivity index (χ2v) is 8.52. The van der Waals surface area contributed by atoms with Crippen LogP contribution < -0.4 is 10.1 Å². The summed E-state index contributed by atoms with van der Waals surface area (Å²) in [6.07, 6.45) is -1.17. The van der Waals surface area contributed by atoms with Gasteiger partial charge in [0.25, 0.3) is 5.92 Å². The molecule has 4 aromatic rings. The van der Waals surface area contributed by atoms with Crippen LogP contribution >= 0.6 is 0 Å². The number of carbonyl (C=O) groups excluding carboxylic acids is 1. The number of benzene rings is 1. The van der Waals surface area contributed by atoms with E-state index in [9.17, 15) is 22.4 Å². The van der Waals surface area contributed by atoms with E-state index in [1.807, 2.05) is 0 Å². The molecule has 1 N–H and O–H groups in total. The first-order valence-corrected chi connectivity index (χ1v) is 11.1. The fourth-order valence-electron chi connectivity index (χ4n) is 4.28. The molecular weight excluding hydrogens is 484 g/mol. The molecule has 190 valence electrons. The van der Waals surface area contributed by atoms with Gasteiger partial charge in [-0.15, -0.1) is 10.2 Å². The lowest BCUT2D eigenvalue weighted by molar-refractivity contribution is -0.129. The number of nitrogens with one attached hydrogen (secondary N) is 1. The van der Waals surface area contributed by atoms with Crippen molar-refractivity contribution in [2.45, 2.75) is 38.3 Å². The Kier molecular flexibility index (Phi) is 5.88. The number of alkyl halides is 4. The predicted octanol–water partition coefficient (Wildman–Crippen LogP) is 3.08. The summed E-state index contributed by atoms with van der Waals surface area (Å²) in [5, 5.41) is 14.9. The zero-order valence-corrected chi connectivity index (χ0v) is 19.3. The summed E-state index contributed by atoms with van der Waals surface area (Å²) >= 11 is 0. The van der Waals surface area contributed by atoms with Crippen molar-refractivity contribution in [2.75, 3.05) is 25.5 Å². The van der Waals surface area contributed by atoms with Crippen molar-refractivity contribution in [3.05, 3.63) is 30.5 Å². The number of nitrogens with zero attached hydrogens (tertiary/aromatic N) is 7. The van der Waals surface area contributed by atoms with Crippen molar-refractivity contribution in [2.24, 2.45) is 0 Å². The maximum Gasteiger partial charge on any atom is 0.286 e. The summed E-state index contributed by atoms with van der Waals surface area (Å²) < 4.78 is 62.6. The van der Waals surface area contributed by atoms with Crippen LogP contribution in [0.5, 0.6) is 5.88 Å². The zero-order chi connectivity index (χ0) is 25.6. The van der Waals surface area contributed by atoms with E-state index in [2.05, 4.69) is 25.7 Å². The third kappa shape index (κ3) is 4.27. The molecule has 1 aliphatic heterocycles. The van der Waals surface area contributed by atoms with Gasteiger partial charge in [-0.05, 0) is 23.8 Å². The predicted molar refractivity (Wildman–Crippen MR) is 121 cm³/mol. The molecule has 4 heterocycles. The molecule has 3 aromatic heterocycles. The molecule has 0 unspecified atom stereocenters. The molecule has 0 saturated carbocycles. The van der Waals surface area contributed by atoms with Crippen molar-refractivity contribution in [3.63, 3.8) is 0 Å². The fourth-order valence-corrected chi connectivity index (χ4v) is 4.28. The van der Waals surface area contributed by atoms with Crippen LogP contribution in [0.25, 0.3) is 27.7 Å². The number of rotatable bonds is 7. The first kappa shape index (κ1) is 23.8. The van der Waals surface area contributed by atoms with Gasteiger partial charge in [-0.1, -0.05) is 11.3 Å². The number of amides is 1. The van der Waals surface area contributed by atoms with E-state index >= 15 is 0 Å². The van der Waals surface area contributed by atoms with Crippen molar-refractivity contribution in [1.29, 1.82) is 0 Å². The Morgan fingerprint density at radius 2 is 2.11 bits per heavy atom. The van der Waals surface area contributed by atoms with Crippen molar-refractivity contribution in [1.82, 2.24) is 34.5 Å². The summed E-state index contributed by atoms with van der Waals surface area (Å²) in [5.41, 5.74) is 3.02. The van der Waals surface area contributed by atoms with Gasteiger partial charge in [-0.25, -0.2) is 26.8 Å². The number of ether oxygens (including phenoxy) is 1. The Morgan fingerprint density at radius 1 is 1.31 bits per heavy atom. The molecule has 1 atom stereocenters. The van der Waals surface area contributed by atoms with E-state index in [1.165, 1.54) is 23.2 Å². The van der Waals surface area contributed by atoms with Gasteiger partial charge in [0.2, 0.25) is 24.2 Å². The SMILES string of the molecule is COc1nc(N[C@@H]2CN(C(C)=O)CC2(F)F)nn2ccc(-c3ccc4nnn(CCC(F)F)c4c3)c12. The summed E-state index contributed by atoms with van der Waals surface area (Å²) in [6.45, 7) is 0.390. The number of hydrogen-bond donors (Lipinski definition) is 1. The molecule has 5 rings (SSSR count). The molecule has 1 saturated heterocycles. The topological polar surface area (TPSA) is 102 Å². The molecule has 1 fully saturated rings. The van der Waals surface area contributed by atoms with Gasteiger partial charge < -0.3 is 15.0 Å². The van der Waals surface area contributed by atoms with Gasteiger partial charge in [0.1, 0.15) is 17.1 Å². The molecule has 1 amide bonds. The Labute approximate surface area is 201 Å². The molecule has 1 aromatic carbocycles. The number of aromatic nitrogens is 6. The van der Waals surface area contributed by atoms with Gasteiger partial charge in [0.05, 0.1) is 19.2 Å². The lowest BCUT2D eigenvalue weighted by Gasteiger charge is -2.19. The van der Waals surface area contributed by atoms with E-state index in [-0.39, 0.29) is 31.3 Å². The molecule has 36 heavy (non-hydrogen) atoms. The zero-order valence-electron chi connectivity index (χ0n) is 19.3. The van der Waals surface area contributed by atoms with Crippen LogP contribution in [-0.4, -0.2) is 79.0 Å². The molecule has 0 bridgehead atoms. The van der Waals surface area contributed by atoms with E-state index in [0.717, 1.165) is 4.90 Å². The minimum atomic E-state index is -3.16. The monoisotopic (exact) mass is 506 g/mol. The van der Waals surface area contributed by atoms with E-state index < -0.39 is 30.8 Å². The lowest BCUT2D eigenvalue weighted by atomic mass is 10.1.